The molecular formula is C14H11ClF3O3-. The molecule has 0 fully saturated rings. The number of carbonyl (C=O) groups is 1. The Morgan fingerprint density at radius 3 is 2.29 bits per heavy atom. The minimum absolute atomic E-state index is 0.00160. The van der Waals surface area contributed by atoms with Crippen LogP contribution in [0.15, 0.2) is 5.57 Å². The Bertz CT molecular complexity index is 663. The molecule has 1 aliphatic rings. The van der Waals surface area contributed by atoms with Gasteiger partial charge >= 0.3 is 6.18 Å². The topological polar surface area (TPSA) is 49.4 Å². The molecule has 0 N–H and O–H groups in total. The third kappa shape index (κ3) is 2.48. The number of rotatable bonds is 1. The van der Waals surface area contributed by atoms with Gasteiger partial charge in [0.15, 0.2) is 0 Å². The predicted octanol–water partition coefficient (Wildman–Crippen LogP) is 2.72. The second-order valence-electron chi connectivity index (χ2n) is 4.86. The maximum Gasteiger partial charge on any atom is 0.429 e. The SMILES string of the molecule is Cc1c(C)c2c(c(C)c1Cl)C=C(C(=O)[O-])C(C(F)(F)F)O2. The lowest BCUT2D eigenvalue weighted by molar-refractivity contribution is -0.302. The van der Waals surface area contributed by atoms with Gasteiger partial charge in [-0.3, -0.25) is 0 Å². The van der Waals surface area contributed by atoms with Gasteiger partial charge in [-0.15, -0.1) is 0 Å². The molecule has 1 heterocycles. The van der Waals surface area contributed by atoms with Crippen molar-refractivity contribution >= 4 is 23.6 Å². The molecule has 0 saturated carbocycles. The van der Waals surface area contributed by atoms with Crippen molar-refractivity contribution in [1.82, 2.24) is 0 Å². The number of carboxylic acid groups (broad SMARTS) is 1. The van der Waals surface area contributed by atoms with Gasteiger partial charge in [-0.1, -0.05) is 11.6 Å². The molecule has 1 atom stereocenters. The van der Waals surface area contributed by atoms with Gasteiger partial charge in [-0.25, -0.2) is 0 Å². The number of alkyl halides is 3. The quantitative estimate of drug-likeness (QED) is 0.799. The van der Waals surface area contributed by atoms with Crippen molar-refractivity contribution in [3.63, 3.8) is 0 Å². The van der Waals surface area contributed by atoms with Gasteiger partial charge in [-0.05, 0) is 43.5 Å². The predicted molar refractivity (Wildman–Crippen MR) is 69.1 cm³/mol. The first kappa shape index (κ1) is 15.7. The number of benzene rings is 1. The van der Waals surface area contributed by atoms with Gasteiger partial charge in [0.05, 0.1) is 5.97 Å². The standard InChI is InChI=1S/C14H12ClF3O3/c1-5-6(2)11-8(7(3)10(5)15)4-9(13(19)20)12(21-11)14(16,17)18/h4,12H,1-3H3,(H,19,20)/p-1. The van der Waals surface area contributed by atoms with Crippen LogP contribution in [0, 0.1) is 20.8 Å². The summed E-state index contributed by atoms with van der Waals surface area (Å²) in [4.78, 5) is 11.0. The van der Waals surface area contributed by atoms with Crippen molar-refractivity contribution in [3.8, 4) is 5.75 Å². The molecule has 114 valence electrons. The van der Waals surface area contributed by atoms with Gasteiger partial charge < -0.3 is 14.6 Å². The summed E-state index contributed by atoms with van der Waals surface area (Å²) in [7, 11) is 0. The zero-order chi connectivity index (χ0) is 16.1. The summed E-state index contributed by atoms with van der Waals surface area (Å²) >= 11 is 6.10. The first-order chi connectivity index (χ1) is 9.55. The summed E-state index contributed by atoms with van der Waals surface area (Å²) in [6.07, 6.45) is -6.47. The average molecular weight is 320 g/mol. The molecule has 0 amide bonds. The molecule has 1 aromatic rings. The van der Waals surface area contributed by atoms with E-state index < -0.39 is 23.8 Å². The number of aliphatic carboxylic acids is 1. The van der Waals surface area contributed by atoms with Gasteiger partial charge in [0.25, 0.3) is 0 Å². The Hall–Kier alpha value is -1.69. The highest BCUT2D eigenvalue weighted by Crippen LogP contribution is 2.43. The molecule has 0 aliphatic carbocycles. The summed E-state index contributed by atoms with van der Waals surface area (Å²) < 4.78 is 43.9. The number of fused-ring (bicyclic) bond motifs is 1. The molecule has 2 rings (SSSR count). The minimum Gasteiger partial charge on any atom is -0.545 e. The summed E-state index contributed by atoms with van der Waals surface area (Å²) in [6.45, 7) is 4.83. The van der Waals surface area contributed by atoms with Crippen LogP contribution < -0.4 is 9.84 Å². The number of halogens is 4. The van der Waals surface area contributed by atoms with E-state index in [1.165, 1.54) is 0 Å². The summed E-state index contributed by atoms with van der Waals surface area (Å²) in [6, 6.07) is 0. The second-order valence-corrected chi connectivity index (χ2v) is 5.24. The van der Waals surface area contributed by atoms with E-state index >= 15 is 0 Å². The summed E-state index contributed by atoms with van der Waals surface area (Å²) in [5.74, 6) is -1.92. The van der Waals surface area contributed by atoms with E-state index in [9.17, 15) is 23.1 Å². The van der Waals surface area contributed by atoms with E-state index in [0.717, 1.165) is 6.08 Å². The third-order valence-corrected chi connectivity index (χ3v) is 4.13. The molecule has 0 saturated heterocycles. The Balaban J connectivity index is 2.75. The Labute approximate surface area is 124 Å². The Kier molecular flexibility index (Phi) is 3.70. The molecule has 1 aromatic carbocycles. The van der Waals surface area contributed by atoms with Crippen LogP contribution in [0.3, 0.4) is 0 Å². The van der Waals surface area contributed by atoms with Crippen LogP contribution in [0.5, 0.6) is 5.75 Å². The number of hydrogen-bond donors (Lipinski definition) is 0. The van der Waals surface area contributed by atoms with Gasteiger partial charge in [-0.2, -0.15) is 13.2 Å². The molecule has 0 spiro atoms. The maximum atomic E-state index is 13.0. The third-order valence-electron chi connectivity index (χ3n) is 3.56. The lowest BCUT2D eigenvalue weighted by Crippen LogP contribution is -2.44. The molecule has 21 heavy (non-hydrogen) atoms. The lowest BCUT2D eigenvalue weighted by Gasteiger charge is -2.31. The van der Waals surface area contributed by atoms with Crippen molar-refractivity contribution in [3.05, 3.63) is 32.8 Å². The van der Waals surface area contributed by atoms with E-state index in [0.29, 0.717) is 21.7 Å². The van der Waals surface area contributed by atoms with Gasteiger partial charge in [0, 0.05) is 16.2 Å². The number of carboxylic acids is 1. The maximum absolute atomic E-state index is 13.0. The molecule has 0 bridgehead atoms. The first-order valence-corrected chi connectivity index (χ1v) is 6.39. The molecule has 1 aliphatic heterocycles. The van der Waals surface area contributed by atoms with E-state index in [2.05, 4.69) is 0 Å². The number of carbonyl (C=O) groups excluding carboxylic acids is 1. The van der Waals surface area contributed by atoms with Crippen LogP contribution in [0.25, 0.3) is 6.08 Å². The fourth-order valence-corrected chi connectivity index (χ4v) is 2.50. The largest absolute Gasteiger partial charge is 0.545 e. The van der Waals surface area contributed by atoms with Crippen LogP contribution in [-0.4, -0.2) is 18.2 Å². The zero-order valence-corrected chi connectivity index (χ0v) is 12.1. The Morgan fingerprint density at radius 2 is 1.81 bits per heavy atom. The van der Waals surface area contributed by atoms with Crippen LogP contribution in [-0.2, 0) is 4.79 Å². The van der Waals surface area contributed by atoms with E-state index in [1.54, 1.807) is 20.8 Å². The fourth-order valence-electron chi connectivity index (χ4n) is 2.25. The zero-order valence-electron chi connectivity index (χ0n) is 11.4. The number of hydrogen-bond acceptors (Lipinski definition) is 3. The summed E-state index contributed by atoms with van der Waals surface area (Å²) in [5.41, 5.74) is 0.789. The number of ether oxygens (including phenoxy) is 1. The monoisotopic (exact) mass is 319 g/mol. The van der Waals surface area contributed by atoms with Crippen molar-refractivity contribution in [2.24, 2.45) is 0 Å². The minimum atomic E-state index is -4.85. The molecule has 7 heteroatoms. The van der Waals surface area contributed by atoms with Gasteiger partial charge in [0.1, 0.15) is 5.75 Å². The second kappa shape index (κ2) is 4.94. The molecule has 3 nitrogen and oxygen atoms in total. The van der Waals surface area contributed by atoms with Crippen molar-refractivity contribution < 1.29 is 27.8 Å². The van der Waals surface area contributed by atoms with Crippen LogP contribution in [0.4, 0.5) is 13.2 Å². The fraction of sp³-hybridized carbons (Fsp3) is 0.357. The van der Waals surface area contributed by atoms with Crippen LogP contribution in [0.2, 0.25) is 5.02 Å². The Morgan fingerprint density at radius 1 is 1.24 bits per heavy atom. The highest BCUT2D eigenvalue weighted by atomic mass is 35.5. The molecule has 1 unspecified atom stereocenters. The molecule has 0 aromatic heterocycles. The highest BCUT2D eigenvalue weighted by Gasteiger charge is 2.47. The van der Waals surface area contributed by atoms with Crippen molar-refractivity contribution in [2.75, 3.05) is 0 Å². The first-order valence-electron chi connectivity index (χ1n) is 6.01. The van der Waals surface area contributed by atoms with E-state index in [4.69, 9.17) is 16.3 Å². The van der Waals surface area contributed by atoms with E-state index in [1.807, 2.05) is 0 Å². The summed E-state index contributed by atoms with van der Waals surface area (Å²) in [5, 5.41) is 11.3. The highest BCUT2D eigenvalue weighted by molar-refractivity contribution is 6.32. The molecular weight excluding hydrogens is 309 g/mol. The smallest absolute Gasteiger partial charge is 0.429 e. The molecule has 0 radical (unpaired) electrons. The van der Waals surface area contributed by atoms with Gasteiger partial charge in [0.2, 0.25) is 6.10 Å². The average Bonchev–Trinajstić information content (AvgIpc) is 2.40. The van der Waals surface area contributed by atoms with Crippen LogP contribution in [0.1, 0.15) is 22.3 Å². The normalized spacial score (nSPS) is 17.9. The van der Waals surface area contributed by atoms with E-state index in [-0.39, 0.29) is 11.3 Å². The lowest BCUT2D eigenvalue weighted by atomic mass is 9.93. The van der Waals surface area contributed by atoms with Crippen molar-refractivity contribution in [2.45, 2.75) is 33.1 Å². The van der Waals surface area contributed by atoms with Crippen molar-refractivity contribution in [1.29, 1.82) is 0 Å². The van der Waals surface area contributed by atoms with Crippen LogP contribution >= 0.6 is 11.6 Å².